The van der Waals surface area contributed by atoms with Gasteiger partial charge in [0.05, 0.1) is 12.5 Å². The molecule has 0 saturated carbocycles. The van der Waals surface area contributed by atoms with Crippen LogP contribution in [-0.2, 0) is 14.3 Å². The van der Waals surface area contributed by atoms with E-state index in [1.807, 2.05) is 0 Å². The molecule has 72 valence electrons. The van der Waals surface area contributed by atoms with Gasteiger partial charge in [0.1, 0.15) is 6.04 Å². The first-order valence-corrected chi connectivity index (χ1v) is 4.06. The predicted octanol–water partition coefficient (Wildman–Crippen LogP) is 0.240. The number of carbonyl (C=O) groups excluding carboxylic acids is 2. The van der Waals surface area contributed by atoms with Crippen LogP contribution in [0.4, 0.5) is 0 Å². The number of methoxy groups -OCH3 is 1. The highest BCUT2D eigenvalue weighted by molar-refractivity contribution is 6.00. The third kappa shape index (κ3) is 1.32. The lowest BCUT2D eigenvalue weighted by Gasteiger charge is -2.43. The number of amides is 1. The summed E-state index contributed by atoms with van der Waals surface area (Å²) in [6, 6.07) is -0.525. The lowest BCUT2D eigenvalue weighted by atomic mass is 9.72. The highest BCUT2D eigenvalue weighted by atomic mass is 16.5. The fourth-order valence-electron chi connectivity index (χ4n) is 1.46. The van der Waals surface area contributed by atoms with Crippen LogP contribution in [0.1, 0.15) is 13.3 Å². The van der Waals surface area contributed by atoms with Gasteiger partial charge in [0.15, 0.2) is 0 Å². The van der Waals surface area contributed by atoms with Gasteiger partial charge in [-0.15, -0.1) is 6.58 Å². The molecule has 0 radical (unpaired) electrons. The van der Waals surface area contributed by atoms with E-state index in [1.165, 1.54) is 7.11 Å². The highest BCUT2D eigenvalue weighted by Gasteiger charge is 2.54. The molecule has 0 aromatic rings. The second-order valence-corrected chi connectivity index (χ2v) is 3.34. The molecule has 0 spiro atoms. The molecule has 1 amide bonds. The summed E-state index contributed by atoms with van der Waals surface area (Å²) in [6.45, 7) is 5.28. The fourth-order valence-corrected chi connectivity index (χ4v) is 1.46. The van der Waals surface area contributed by atoms with Crippen molar-refractivity contribution in [2.45, 2.75) is 19.4 Å². The SMILES string of the molecule is C=CCC1(C)C(=O)NC1C(=O)OC. The average Bonchev–Trinajstić information content (AvgIpc) is 2.13. The second kappa shape index (κ2) is 3.20. The van der Waals surface area contributed by atoms with Crippen LogP contribution in [0, 0.1) is 5.41 Å². The molecule has 1 rings (SSSR count). The first kappa shape index (κ1) is 9.77. The number of hydrogen-bond donors (Lipinski definition) is 1. The van der Waals surface area contributed by atoms with Gasteiger partial charge in [-0.05, 0) is 13.3 Å². The summed E-state index contributed by atoms with van der Waals surface area (Å²) in [6.07, 6.45) is 2.12. The quantitative estimate of drug-likeness (QED) is 0.387. The molecule has 4 nitrogen and oxygen atoms in total. The van der Waals surface area contributed by atoms with Gasteiger partial charge in [0.2, 0.25) is 5.91 Å². The number of ether oxygens (including phenoxy) is 1. The number of allylic oxidation sites excluding steroid dienone is 1. The number of nitrogens with one attached hydrogen (secondary N) is 1. The molecular weight excluding hydrogens is 170 g/mol. The van der Waals surface area contributed by atoms with Crippen LogP contribution in [0.25, 0.3) is 0 Å². The topological polar surface area (TPSA) is 55.4 Å². The summed E-state index contributed by atoms with van der Waals surface area (Å²) in [5.41, 5.74) is -0.672. The van der Waals surface area contributed by atoms with Crippen LogP contribution in [0.2, 0.25) is 0 Å². The van der Waals surface area contributed by atoms with Gasteiger partial charge >= 0.3 is 5.97 Å². The Hall–Kier alpha value is -1.32. The van der Waals surface area contributed by atoms with E-state index in [9.17, 15) is 9.59 Å². The Morgan fingerprint density at radius 2 is 2.46 bits per heavy atom. The van der Waals surface area contributed by atoms with Crippen molar-refractivity contribution in [2.75, 3.05) is 7.11 Å². The van der Waals surface area contributed by atoms with Crippen molar-refractivity contribution in [3.05, 3.63) is 12.7 Å². The minimum Gasteiger partial charge on any atom is -0.467 e. The van der Waals surface area contributed by atoms with Crippen LogP contribution in [0.15, 0.2) is 12.7 Å². The normalized spacial score (nSPS) is 31.5. The molecule has 1 N–H and O–H groups in total. The summed E-state index contributed by atoms with van der Waals surface area (Å²) in [7, 11) is 1.31. The first-order valence-electron chi connectivity index (χ1n) is 4.06. The highest BCUT2D eigenvalue weighted by Crippen LogP contribution is 2.35. The van der Waals surface area contributed by atoms with E-state index in [2.05, 4.69) is 16.6 Å². The van der Waals surface area contributed by atoms with Crippen molar-refractivity contribution in [1.29, 1.82) is 0 Å². The van der Waals surface area contributed by atoms with E-state index < -0.39 is 17.4 Å². The van der Waals surface area contributed by atoms with Gasteiger partial charge in [-0.25, -0.2) is 4.79 Å². The van der Waals surface area contributed by atoms with Gasteiger partial charge < -0.3 is 10.1 Å². The van der Waals surface area contributed by atoms with Crippen molar-refractivity contribution in [3.63, 3.8) is 0 Å². The maximum absolute atomic E-state index is 11.2. The Kier molecular flexibility index (Phi) is 2.40. The summed E-state index contributed by atoms with van der Waals surface area (Å²) in [4.78, 5) is 22.4. The molecule has 1 aliphatic heterocycles. The Morgan fingerprint density at radius 1 is 1.85 bits per heavy atom. The molecule has 1 fully saturated rings. The van der Waals surface area contributed by atoms with Gasteiger partial charge in [0, 0.05) is 0 Å². The number of esters is 1. The molecule has 0 aromatic heterocycles. The summed E-state index contributed by atoms with van der Waals surface area (Å²) in [5, 5.41) is 2.51. The predicted molar refractivity (Wildman–Crippen MR) is 46.9 cm³/mol. The second-order valence-electron chi connectivity index (χ2n) is 3.34. The van der Waals surface area contributed by atoms with Crippen LogP contribution >= 0.6 is 0 Å². The molecule has 2 unspecified atom stereocenters. The van der Waals surface area contributed by atoms with Crippen LogP contribution in [-0.4, -0.2) is 25.0 Å². The molecule has 1 aliphatic rings. The van der Waals surface area contributed by atoms with Crippen LogP contribution in [0.5, 0.6) is 0 Å². The minimum absolute atomic E-state index is 0.122. The monoisotopic (exact) mass is 183 g/mol. The van der Waals surface area contributed by atoms with Crippen molar-refractivity contribution in [1.82, 2.24) is 5.32 Å². The number of carbonyl (C=O) groups is 2. The molecule has 13 heavy (non-hydrogen) atoms. The molecule has 1 heterocycles. The minimum atomic E-state index is -0.672. The Morgan fingerprint density at radius 3 is 2.85 bits per heavy atom. The van der Waals surface area contributed by atoms with Gasteiger partial charge in [-0.2, -0.15) is 0 Å². The molecule has 1 saturated heterocycles. The largest absolute Gasteiger partial charge is 0.467 e. The van der Waals surface area contributed by atoms with Gasteiger partial charge in [0.25, 0.3) is 0 Å². The Balaban J connectivity index is 2.75. The van der Waals surface area contributed by atoms with E-state index in [0.717, 1.165) is 0 Å². The van der Waals surface area contributed by atoms with Crippen molar-refractivity contribution < 1.29 is 14.3 Å². The smallest absolute Gasteiger partial charge is 0.329 e. The van der Waals surface area contributed by atoms with E-state index in [1.54, 1.807) is 13.0 Å². The first-order chi connectivity index (χ1) is 6.06. The van der Waals surface area contributed by atoms with Crippen LogP contribution < -0.4 is 5.32 Å². The Bertz CT molecular complexity index is 262. The molecule has 0 aliphatic carbocycles. The molecular formula is C9H13NO3. The zero-order chi connectivity index (χ0) is 10.1. The van der Waals surface area contributed by atoms with Gasteiger partial charge in [-0.3, -0.25) is 4.79 Å². The lowest BCUT2D eigenvalue weighted by molar-refractivity contribution is -0.162. The van der Waals surface area contributed by atoms with E-state index in [4.69, 9.17) is 0 Å². The molecule has 0 aromatic carbocycles. The maximum atomic E-state index is 11.2. The average molecular weight is 183 g/mol. The van der Waals surface area contributed by atoms with Crippen molar-refractivity contribution in [3.8, 4) is 0 Å². The standard InChI is InChI=1S/C9H13NO3/c1-4-5-9(2)6(7(11)13-3)10-8(9)12/h4,6H,1,5H2,2-3H3,(H,10,12). The van der Waals surface area contributed by atoms with E-state index in [-0.39, 0.29) is 5.91 Å². The van der Waals surface area contributed by atoms with Crippen molar-refractivity contribution in [2.24, 2.45) is 5.41 Å². The molecule has 2 atom stereocenters. The maximum Gasteiger partial charge on any atom is 0.329 e. The third-order valence-electron chi connectivity index (χ3n) is 2.44. The molecule has 4 heteroatoms. The lowest BCUT2D eigenvalue weighted by Crippen LogP contribution is -2.68. The summed E-state index contributed by atoms with van der Waals surface area (Å²) in [5.74, 6) is -0.522. The van der Waals surface area contributed by atoms with Crippen LogP contribution in [0.3, 0.4) is 0 Å². The Labute approximate surface area is 76.9 Å². The van der Waals surface area contributed by atoms with E-state index in [0.29, 0.717) is 6.42 Å². The van der Waals surface area contributed by atoms with Crippen molar-refractivity contribution >= 4 is 11.9 Å². The number of rotatable bonds is 3. The zero-order valence-corrected chi connectivity index (χ0v) is 7.79. The third-order valence-corrected chi connectivity index (χ3v) is 2.44. The van der Waals surface area contributed by atoms with Gasteiger partial charge in [-0.1, -0.05) is 6.08 Å². The fraction of sp³-hybridized carbons (Fsp3) is 0.556. The zero-order valence-electron chi connectivity index (χ0n) is 7.79. The number of β-lactam (4-membered cyclic amide) rings is 1. The van der Waals surface area contributed by atoms with E-state index >= 15 is 0 Å². The summed E-state index contributed by atoms with van der Waals surface area (Å²) >= 11 is 0. The molecule has 0 bridgehead atoms. The summed E-state index contributed by atoms with van der Waals surface area (Å²) < 4.78 is 4.56. The number of hydrogen-bond acceptors (Lipinski definition) is 3.